The maximum absolute atomic E-state index is 14.2. The summed E-state index contributed by atoms with van der Waals surface area (Å²) in [5, 5.41) is 1.41. The Morgan fingerprint density at radius 2 is 1.09 bits per heavy atom. The molecule has 1 unspecified atom stereocenters. The van der Waals surface area contributed by atoms with Gasteiger partial charge in [-0.05, 0) is 31.5 Å². The molecule has 0 heterocycles. The van der Waals surface area contributed by atoms with E-state index < -0.39 is 83.2 Å². The number of isocyanates is 1. The molecule has 1 N–H and O–H groups in total. The molecule has 4 nitrogen and oxygen atoms in total. The molecule has 23 heteroatoms. The van der Waals surface area contributed by atoms with Crippen LogP contribution in [0.3, 0.4) is 0 Å². The molecule has 0 aliphatic rings. The van der Waals surface area contributed by atoms with Gasteiger partial charge in [-0.1, -0.05) is 6.07 Å². The Morgan fingerprint density at radius 1 is 0.705 bits per heavy atom. The van der Waals surface area contributed by atoms with Crippen molar-refractivity contribution in [3.8, 4) is 0 Å². The van der Waals surface area contributed by atoms with Crippen LogP contribution in [0.25, 0.3) is 0 Å². The van der Waals surface area contributed by atoms with Crippen LogP contribution in [0, 0.1) is 6.92 Å². The molecule has 252 valence electrons. The van der Waals surface area contributed by atoms with E-state index in [4.69, 9.17) is 0 Å². The number of hydrogen-bond donors (Lipinski definition) is 1. The normalized spacial score (nSPS) is 15.5. The molecular formula is C21H13F19N2O2. The number of aliphatic imine (C=N–C) groups is 1. The monoisotopic (exact) mass is 686 g/mol. The summed E-state index contributed by atoms with van der Waals surface area (Å²) < 4.78 is 255. The lowest BCUT2D eigenvalue weighted by molar-refractivity contribution is -0.468. The second-order valence-corrected chi connectivity index (χ2v) is 9.03. The van der Waals surface area contributed by atoms with Crippen molar-refractivity contribution < 1.29 is 93.0 Å². The van der Waals surface area contributed by atoms with E-state index in [0.29, 0.717) is 5.56 Å². The number of benzene rings is 1. The van der Waals surface area contributed by atoms with Gasteiger partial charge >= 0.3 is 53.6 Å². The molecule has 1 atom stereocenters. The fourth-order valence-corrected chi connectivity index (χ4v) is 3.23. The number of amides is 1. The van der Waals surface area contributed by atoms with Gasteiger partial charge in [0.25, 0.3) is 5.91 Å². The Morgan fingerprint density at radius 3 is 1.48 bits per heavy atom. The van der Waals surface area contributed by atoms with Gasteiger partial charge in [0.1, 0.15) is 0 Å². The molecule has 1 aromatic rings. The van der Waals surface area contributed by atoms with Gasteiger partial charge < -0.3 is 5.32 Å². The summed E-state index contributed by atoms with van der Waals surface area (Å²) in [6.07, 6.45) is -9.94. The fraction of sp³-hybridized carbons (Fsp3) is 0.619. The summed E-state index contributed by atoms with van der Waals surface area (Å²) in [6.45, 7) is 1.65. The van der Waals surface area contributed by atoms with E-state index in [0.717, 1.165) is 24.3 Å². The minimum atomic E-state index is -9.01. The third-order valence-electron chi connectivity index (χ3n) is 5.69. The minimum Gasteiger partial charge on any atom is -0.349 e. The molecule has 1 amide bonds. The molecule has 0 bridgehead atoms. The van der Waals surface area contributed by atoms with Gasteiger partial charge in [-0.2, -0.15) is 88.4 Å². The zero-order valence-electron chi connectivity index (χ0n) is 21.0. The fourth-order valence-electron chi connectivity index (χ4n) is 3.23. The number of carbonyl (C=O) groups is 1. The van der Waals surface area contributed by atoms with Crippen LogP contribution in [0.5, 0.6) is 0 Å². The number of hydrogen-bond acceptors (Lipinski definition) is 3. The van der Waals surface area contributed by atoms with Gasteiger partial charge in [-0.25, -0.2) is 4.79 Å². The lowest BCUT2D eigenvalue weighted by atomic mass is 9.86. The van der Waals surface area contributed by atoms with Crippen molar-refractivity contribution in [2.45, 2.75) is 79.9 Å². The number of rotatable bonds is 12. The smallest absolute Gasteiger partial charge is 0.349 e. The first-order chi connectivity index (χ1) is 19.2. The van der Waals surface area contributed by atoms with Crippen LogP contribution in [0.4, 0.5) is 89.1 Å². The van der Waals surface area contributed by atoms with E-state index in [1.165, 1.54) is 12.2 Å². The van der Waals surface area contributed by atoms with Crippen LogP contribution in [-0.2, 0) is 4.79 Å². The first kappa shape index (κ1) is 38.8. The van der Waals surface area contributed by atoms with E-state index in [9.17, 15) is 93.0 Å². The summed E-state index contributed by atoms with van der Waals surface area (Å²) in [6, 6.07) is 0.396. The molecule has 0 aliphatic heterocycles. The topological polar surface area (TPSA) is 58.5 Å². The van der Waals surface area contributed by atoms with Crippen molar-refractivity contribution in [1.29, 1.82) is 0 Å². The molecule has 1 rings (SSSR count). The van der Waals surface area contributed by atoms with Crippen LogP contribution >= 0.6 is 0 Å². The largest absolute Gasteiger partial charge is 0.460 e. The standard InChI is InChI=1S/C21H13F19N2O2/c1-8-3-4-10(11(5-8)41-7-43)12(44)42-9(2)6-13(22,23)14(24,25)15(26,27)16(28,29)17(30,31)18(32,33)19(34,35)20(36,37)21(38,39)40/h3-5,9H,6H2,1-2H3,(H,42,44). The zero-order valence-corrected chi connectivity index (χ0v) is 21.0. The molecule has 0 saturated carbocycles. The SMILES string of the molecule is Cc1ccc(C(=O)NC(C)CC(F)(F)C(F)(F)C(F)(F)C(F)(F)C(F)(F)C(F)(F)C(F)(F)C(F)(F)C(F)(F)F)c(N=C=O)c1. The summed E-state index contributed by atoms with van der Waals surface area (Å²) in [5.41, 5.74) is -0.930. The van der Waals surface area contributed by atoms with Gasteiger partial charge in [-0.15, -0.1) is 0 Å². The Balaban J connectivity index is 3.51. The van der Waals surface area contributed by atoms with Crippen molar-refractivity contribution in [3.63, 3.8) is 0 Å². The predicted octanol–water partition coefficient (Wildman–Crippen LogP) is 8.12. The number of alkyl halides is 19. The second-order valence-electron chi connectivity index (χ2n) is 9.03. The average Bonchev–Trinajstić information content (AvgIpc) is 2.82. The average molecular weight is 686 g/mol. The van der Waals surface area contributed by atoms with Gasteiger partial charge in [0.15, 0.2) is 0 Å². The van der Waals surface area contributed by atoms with Crippen LogP contribution in [-0.4, -0.2) is 71.6 Å². The zero-order chi connectivity index (χ0) is 35.3. The molecule has 0 spiro atoms. The number of aryl methyl sites for hydroxylation is 1. The maximum atomic E-state index is 14.2. The molecule has 0 radical (unpaired) electrons. The molecule has 0 saturated heterocycles. The Kier molecular flexibility index (Phi) is 9.93. The highest BCUT2D eigenvalue weighted by molar-refractivity contribution is 5.99. The number of carbonyl (C=O) groups excluding carboxylic acids is 2. The predicted molar refractivity (Wildman–Crippen MR) is 106 cm³/mol. The van der Waals surface area contributed by atoms with Crippen LogP contribution in [0.2, 0.25) is 0 Å². The summed E-state index contributed by atoms with van der Waals surface area (Å²) in [7, 11) is 0. The number of nitrogens with zero attached hydrogens (tertiary/aromatic N) is 1. The van der Waals surface area contributed by atoms with Crippen LogP contribution in [0.15, 0.2) is 23.2 Å². The van der Waals surface area contributed by atoms with E-state index in [-0.39, 0.29) is 6.92 Å². The molecule has 1 aromatic carbocycles. The van der Waals surface area contributed by atoms with Crippen LogP contribution in [0.1, 0.15) is 29.3 Å². The third-order valence-corrected chi connectivity index (χ3v) is 5.69. The lowest BCUT2D eigenvalue weighted by Crippen LogP contribution is -2.75. The van der Waals surface area contributed by atoms with Gasteiger partial charge in [0, 0.05) is 12.5 Å². The molecule has 44 heavy (non-hydrogen) atoms. The van der Waals surface area contributed by atoms with E-state index in [1.807, 2.05) is 0 Å². The van der Waals surface area contributed by atoms with E-state index in [2.05, 4.69) is 4.99 Å². The highest BCUT2D eigenvalue weighted by Gasteiger charge is 2.96. The van der Waals surface area contributed by atoms with Crippen molar-refractivity contribution in [1.82, 2.24) is 5.32 Å². The Labute approximate surface area is 231 Å². The van der Waals surface area contributed by atoms with Gasteiger partial charge in [0.2, 0.25) is 6.08 Å². The molecular weight excluding hydrogens is 673 g/mol. The lowest BCUT2D eigenvalue weighted by Gasteiger charge is -2.44. The van der Waals surface area contributed by atoms with Gasteiger partial charge in [-0.3, -0.25) is 4.79 Å². The summed E-state index contributed by atoms with van der Waals surface area (Å²) >= 11 is 0. The van der Waals surface area contributed by atoms with Crippen molar-refractivity contribution >= 4 is 17.7 Å². The van der Waals surface area contributed by atoms with Crippen molar-refractivity contribution in [2.75, 3.05) is 0 Å². The van der Waals surface area contributed by atoms with E-state index in [1.54, 1.807) is 0 Å². The minimum absolute atomic E-state index is 0.275. The van der Waals surface area contributed by atoms with Crippen molar-refractivity contribution in [2.24, 2.45) is 4.99 Å². The first-order valence-electron chi connectivity index (χ1n) is 10.8. The first-order valence-corrected chi connectivity index (χ1v) is 10.8. The second kappa shape index (κ2) is 11.3. The van der Waals surface area contributed by atoms with Crippen molar-refractivity contribution in [3.05, 3.63) is 29.3 Å². The number of halogens is 19. The van der Waals surface area contributed by atoms with E-state index >= 15 is 0 Å². The highest BCUT2D eigenvalue weighted by atomic mass is 19.4. The highest BCUT2D eigenvalue weighted by Crippen LogP contribution is 2.65. The van der Waals surface area contributed by atoms with Crippen LogP contribution < -0.4 is 5.32 Å². The molecule has 0 aromatic heterocycles. The third kappa shape index (κ3) is 5.78. The molecule has 0 fully saturated rings. The summed E-state index contributed by atoms with van der Waals surface area (Å²) in [4.78, 5) is 25.8. The molecule has 0 aliphatic carbocycles. The summed E-state index contributed by atoms with van der Waals surface area (Å²) in [5.74, 6) is -69.0. The maximum Gasteiger partial charge on any atom is 0.460 e. The Bertz CT molecular complexity index is 1280. The number of nitrogens with one attached hydrogen (secondary N) is 1. The van der Waals surface area contributed by atoms with Gasteiger partial charge in [0.05, 0.1) is 11.3 Å². The Hall–Kier alpha value is -3.26. The quantitative estimate of drug-likeness (QED) is 0.137.